The fourth-order valence-electron chi connectivity index (χ4n) is 0.712. The van der Waals surface area contributed by atoms with Crippen LogP contribution in [-0.2, 0) is 0 Å². The zero-order valence-corrected chi connectivity index (χ0v) is 5.91. The number of hydrogen-bond acceptors (Lipinski definition) is 0. The summed E-state index contributed by atoms with van der Waals surface area (Å²) in [5, 5.41) is 0. The van der Waals surface area contributed by atoms with E-state index in [2.05, 4.69) is 26.8 Å². The van der Waals surface area contributed by atoms with E-state index in [1.165, 1.54) is 12.0 Å². The van der Waals surface area contributed by atoms with Crippen LogP contribution in [0.1, 0.15) is 33.1 Å². The molecule has 0 aliphatic carbocycles. The molecule has 0 nitrogen and oxygen atoms in total. The van der Waals surface area contributed by atoms with Gasteiger partial charge in [-0.1, -0.05) is 31.9 Å². The van der Waals surface area contributed by atoms with Gasteiger partial charge in [0, 0.05) is 0 Å². The van der Waals surface area contributed by atoms with E-state index in [1.807, 2.05) is 0 Å². The van der Waals surface area contributed by atoms with Crippen LogP contribution in [0, 0.1) is 6.92 Å². The molecule has 8 heavy (non-hydrogen) atoms. The van der Waals surface area contributed by atoms with Gasteiger partial charge in [-0.2, -0.15) is 0 Å². The second-order valence-corrected chi connectivity index (χ2v) is 2.02. The minimum Gasteiger partial charge on any atom is -0.0856 e. The highest BCUT2D eigenvalue weighted by atomic mass is 13.9. The summed E-state index contributed by atoms with van der Waals surface area (Å²) in [5.74, 6) is 0. The van der Waals surface area contributed by atoms with Crippen LogP contribution in [0.4, 0.5) is 0 Å². The van der Waals surface area contributed by atoms with E-state index in [0.29, 0.717) is 0 Å². The third-order valence-corrected chi connectivity index (χ3v) is 1.06. The fourth-order valence-corrected chi connectivity index (χ4v) is 0.712. The van der Waals surface area contributed by atoms with Crippen molar-refractivity contribution < 1.29 is 0 Å². The van der Waals surface area contributed by atoms with E-state index in [9.17, 15) is 0 Å². The van der Waals surface area contributed by atoms with Crippen LogP contribution in [0.25, 0.3) is 0 Å². The van der Waals surface area contributed by atoms with E-state index >= 15 is 0 Å². The predicted molar refractivity (Wildman–Crippen MR) is 38.6 cm³/mol. The first-order valence-corrected chi connectivity index (χ1v) is 3.32. The van der Waals surface area contributed by atoms with Gasteiger partial charge in [0.25, 0.3) is 0 Å². The molecule has 0 aromatic heterocycles. The Morgan fingerprint density at radius 1 is 1.50 bits per heavy atom. The molecular weight excluding hydrogens is 96.1 g/mol. The van der Waals surface area contributed by atoms with E-state index in [-0.39, 0.29) is 0 Å². The summed E-state index contributed by atoms with van der Waals surface area (Å²) in [6.07, 6.45) is 5.69. The van der Waals surface area contributed by atoms with Crippen LogP contribution >= 0.6 is 0 Å². The third-order valence-electron chi connectivity index (χ3n) is 1.06. The van der Waals surface area contributed by atoms with Crippen LogP contribution in [0.5, 0.6) is 0 Å². The van der Waals surface area contributed by atoms with E-state index in [1.54, 1.807) is 0 Å². The lowest BCUT2D eigenvalue weighted by atomic mass is 10.1. The average molecular weight is 111 g/mol. The van der Waals surface area contributed by atoms with Crippen molar-refractivity contribution in [1.82, 2.24) is 0 Å². The monoisotopic (exact) mass is 111 g/mol. The Balaban J connectivity index is 3.29. The summed E-state index contributed by atoms with van der Waals surface area (Å²) in [6, 6.07) is 0. The van der Waals surface area contributed by atoms with Gasteiger partial charge < -0.3 is 0 Å². The van der Waals surface area contributed by atoms with E-state index in [4.69, 9.17) is 0 Å². The highest BCUT2D eigenvalue weighted by Gasteiger charge is 1.82. The van der Waals surface area contributed by atoms with Crippen molar-refractivity contribution in [3.63, 3.8) is 0 Å². The molecule has 0 spiro atoms. The largest absolute Gasteiger partial charge is 0.0856 e. The second-order valence-electron chi connectivity index (χ2n) is 2.02. The van der Waals surface area contributed by atoms with Gasteiger partial charge in [0.2, 0.25) is 0 Å². The Kier molecular flexibility index (Phi) is 4.73. The Bertz CT molecular complexity index is 70.1. The molecule has 0 atom stereocenters. The van der Waals surface area contributed by atoms with Crippen molar-refractivity contribution >= 4 is 0 Å². The molecule has 0 aliphatic heterocycles. The zero-order valence-electron chi connectivity index (χ0n) is 5.91. The molecule has 0 saturated carbocycles. The van der Waals surface area contributed by atoms with Gasteiger partial charge in [0.1, 0.15) is 0 Å². The summed E-state index contributed by atoms with van der Waals surface area (Å²) in [4.78, 5) is 0. The smallest absolute Gasteiger partial charge is 0.0283 e. The lowest BCUT2D eigenvalue weighted by Crippen LogP contribution is -1.73. The van der Waals surface area contributed by atoms with Crippen molar-refractivity contribution in [3.05, 3.63) is 18.6 Å². The summed E-state index contributed by atoms with van der Waals surface area (Å²) in [5.41, 5.74) is 1.29. The minimum atomic E-state index is 1.12. The molecule has 0 fully saturated rings. The Morgan fingerprint density at radius 3 is 2.50 bits per heavy atom. The van der Waals surface area contributed by atoms with Crippen LogP contribution in [0.3, 0.4) is 0 Å². The van der Waals surface area contributed by atoms with Gasteiger partial charge in [-0.25, -0.2) is 0 Å². The Labute approximate surface area is 52.6 Å². The highest BCUT2D eigenvalue weighted by molar-refractivity contribution is 5.04. The van der Waals surface area contributed by atoms with Crippen LogP contribution in [0.15, 0.2) is 11.6 Å². The van der Waals surface area contributed by atoms with Gasteiger partial charge in [-0.05, 0) is 19.8 Å². The van der Waals surface area contributed by atoms with Crippen molar-refractivity contribution in [1.29, 1.82) is 0 Å². The maximum atomic E-state index is 3.88. The fraction of sp³-hybridized carbons (Fsp3) is 0.625. The molecule has 0 saturated heterocycles. The molecule has 0 bridgehead atoms. The van der Waals surface area contributed by atoms with Gasteiger partial charge in [0.05, 0.1) is 0 Å². The first-order chi connectivity index (χ1) is 3.81. The first kappa shape index (κ1) is 7.74. The standard InChI is InChI=1S/C8H15/c1-4-6-8(3)7-5-2/h6H,3-5,7H2,1-2H3/b8-6-. The van der Waals surface area contributed by atoms with Crippen molar-refractivity contribution in [2.24, 2.45) is 0 Å². The first-order valence-electron chi connectivity index (χ1n) is 3.32. The van der Waals surface area contributed by atoms with Gasteiger partial charge in [-0.15, -0.1) is 0 Å². The molecule has 0 amide bonds. The van der Waals surface area contributed by atoms with Gasteiger partial charge in [-0.3, -0.25) is 0 Å². The maximum absolute atomic E-state index is 3.88. The van der Waals surface area contributed by atoms with Gasteiger partial charge >= 0.3 is 0 Å². The quantitative estimate of drug-likeness (QED) is 0.525. The van der Waals surface area contributed by atoms with Crippen molar-refractivity contribution in [2.75, 3.05) is 0 Å². The highest BCUT2D eigenvalue weighted by Crippen LogP contribution is 2.02. The molecule has 0 N–H and O–H groups in total. The number of rotatable bonds is 3. The molecule has 0 aromatic rings. The van der Waals surface area contributed by atoms with Crippen LogP contribution in [-0.4, -0.2) is 0 Å². The van der Waals surface area contributed by atoms with Crippen LogP contribution < -0.4 is 0 Å². The van der Waals surface area contributed by atoms with Gasteiger partial charge in [0.15, 0.2) is 0 Å². The molecule has 0 heterocycles. The molecule has 1 radical (unpaired) electrons. The molecule has 0 heteroatoms. The lowest BCUT2D eigenvalue weighted by Gasteiger charge is -1.93. The molecule has 47 valence electrons. The summed E-state index contributed by atoms with van der Waals surface area (Å²) in [7, 11) is 0. The average Bonchev–Trinajstić information content (AvgIpc) is 1.68. The maximum Gasteiger partial charge on any atom is -0.0283 e. The van der Waals surface area contributed by atoms with E-state index in [0.717, 1.165) is 12.8 Å². The molecule has 0 rings (SSSR count). The second kappa shape index (κ2) is 4.89. The normalized spacial score (nSPS) is 12.1. The lowest BCUT2D eigenvalue weighted by molar-refractivity contribution is 0.917. The Morgan fingerprint density at radius 2 is 2.12 bits per heavy atom. The minimum absolute atomic E-state index is 1.12. The third kappa shape index (κ3) is 3.91. The van der Waals surface area contributed by atoms with Crippen LogP contribution in [0.2, 0.25) is 0 Å². The van der Waals surface area contributed by atoms with Crippen molar-refractivity contribution in [3.8, 4) is 0 Å². The topological polar surface area (TPSA) is 0 Å². The number of hydrogen-bond donors (Lipinski definition) is 0. The SMILES string of the molecule is [CH2]/C(=C/CC)CCC. The van der Waals surface area contributed by atoms with E-state index < -0.39 is 0 Å². The predicted octanol–water partition coefficient (Wildman–Crippen LogP) is 2.96. The summed E-state index contributed by atoms with van der Waals surface area (Å²) >= 11 is 0. The molecular formula is C8H15. The molecule has 0 unspecified atom stereocenters. The molecule has 0 aromatic carbocycles. The Hall–Kier alpha value is -0.260. The van der Waals surface area contributed by atoms with Crippen molar-refractivity contribution in [2.45, 2.75) is 33.1 Å². The summed E-state index contributed by atoms with van der Waals surface area (Å²) in [6.45, 7) is 8.19. The molecule has 0 aliphatic rings. The zero-order chi connectivity index (χ0) is 6.41. The summed E-state index contributed by atoms with van der Waals surface area (Å²) < 4.78 is 0. The number of allylic oxidation sites excluding steroid dienone is 2.